The van der Waals surface area contributed by atoms with E-state index in [0.717, 1.165) is 20.5 Å². The van der Waals surface area contributed by atoms with Gasteiger partial charge in [0.2, 0.25) is 0 Å². The Morgan fingerprint density at radius 1 is 1.10 bits per heavy atom. The van der Waals surface area contributed by atoms with E-state index in [1.54, 1.807) is 18.2 Å². The number of rotatable bonds is 2. The van der Waals surface area contributed by atoms with Crippen molar-refractivity contribution >= 4 is 37.5 Å². The number of carbonyl (C=O) groups is 1. The van der Waals surface area contributed by atoms with Crippen LogP contribution in [-0.4, -0.2) is 11.1 Å². The van der Waals surface area contributed by atoms with Gasteiger partial charge in [-0.1, -0.05) is 18.2 Å². The predicted molar refractivity (Wildman–Crippen MR) is 86.4 cm³/mol. The topological polar surface area (TPSA) is 54.4 Å². The third-order valence-corrected chi connectivity index (χ3v) is 5.22. The monoisotopic (exact) mass is 298 g/mol. The van der Waals surface area contributed by atoms with Crippen LogP contribution in [0.25, 0.3) is 20.2 Å². The average Bonchev–Trinajstić information content (AvgIpc) is 2.44. The fourth-order valence-electron chi connectivity index (χ4n) is 2.53. The molecule has 0 aliphatic carbocycles. The normalized spacial score (nSPS) is 11.1. The zero-order valence-corrected chi connectivity index (χ0v) is 12.6. The molecular formula is C17H14O3S. The first-order chi connectivity index (χ1) is 9.99. The van der Waals surface area contributed by atoms with Gasteiger partial charge in [-0.2, -0.15) is 0 Å². The molecule has 4 heteroatoms. The van der Waals surface area contributed by atoms with Crippen molar-refractivity contribution in [1.29, 1.82) is 0 Å². The number of carboxylic acid groups (broad SMARTS) is 1. The third-order valence-electron chi connectivity index (χ3n) is 3.81. The molecule has 2 aromatic carbocycles. The summed E-state index contributed by atoms with van der Waals surface area (Å²) in [6, 6.07) is 9.12. The van der Waals surface area contributed by atoms with E-state index in [-0.39, 0.29) is 11.8 Å². The molecule has 0 bridgehead atoms. The highest BCUT2D eigenvalue weighted by Crippen LogP contribution is 2.31. The van der Waals surface area contributed by atoms with Gasteiger partial charge in [0.15, 0.2) is 5.43 Å². The van der Waals surface area contributed by atoms with Crippen molar-refractivity contribution < 1.29 is 9.90 Å². The molecule has 1 aromatic heterocycles. The lowest BCUT2D eigenvalue weighted by molar-refractivity contribution is -0.136. The van der Waals surface area contributed by atoms with Crippen LogP contribution in [0.4, 0.5) is 0 Å². The molecule has 0 unspecified atom stereocenters. The Kier molecular flexibility index (Phi) is 3.26. The predicted octanol–water partition coefficient (Wildman–Crippen LogP) is 3.66. The number of aliphatic carboxylic acids is 1. The standard InChI is InChI=1S/C17H14O3S/c1-9-6-7-13-15(20)12-5-3-4-11(8-14(18)19)17(12)21-16(13)10(9)2/h3-7H,8H2,1-2H3,(H,18,19). The second-order valence-electron chi connectivity index (χ2n) is 5.18. The van der Waals surface area contributed by atoms with E-state index in [2.05, 4.69) is 0 Å². The Hall–Kier alpha value is -2.20. The van der Waals surface area contributed by atoms with Crippen molar-refractivity contribution in [3.8, 4) is 0 Å². The molecule has 0 aliphatic heterocycles. The molecule has 0 radical (unpaired) electrons. The lowest BCUT2D eigenvalue weighted by Gasteiger charge is -2.08. The van der Waals surface area contributed by atoms with Crippen molar-refractivity contribution in [2.24, 2.45) is 0 Å². The molecule has 0 saturated heterocycles. The van der Waals surface area contributed by atoms with E-state index in [4.69, 9.17) is 5.11 Å². The SMILES string of the molecule is Cc1ccc2c(=O)c3cccc(CC(=O)O)c3sc2c1C. The highest BCUT2D eigenvalue weighted by atomic mass is 32.1. The van der Waals surface area contributed by atoms with E-state index in [9.17, 15) is 9.59 Å². The first-order valence-corrected chi connectivity index (χ1v) is 7.47. The molecule has 3 rings (SSSR count). The number of carboxylic acids is 1. The number of hydrogen-bond acceptors (Lipinski definition) is 3. The van der Waals surface area contributed by atoms with Gasteiger partial charge >= 0.3 is 5.97 Å². The highest BCUT2D eigenvalue weighted by Gasteiger charge is 2.13. The van der Waals surface area contributed by atoms with Gasteiger partial charge in [-0.05, 0) is 42.7 Å². The third kappa shape index (κ3) is 2.21. The second kappa shape index (κ2) is 4.97. The first-order valence-electron chi connectivity index (χ1n) is 6.65. The molecule has 3 nitrogen and oxygen atoms in total. The van der Waals surface area contributed by atoms with Crippen molar-refractivity contribution in [1.82, 2.24) is 0 Å². The van der Waals surface area contributed by atoms with E-state index in [1.807, 2.05) is 26.0 Å². The van der Waals surface area contributed by atoms with Gasteiger partial charge < -0.3 is 5.11 Å². The lowest BCUT2D eigenvalue weighted by Crippen LogP contribution is -2.05. The summed E-state index contributed by atoms with van der Waals surface area (Å²) in [6.07, 6.45) is -0.0658. The quantitative estimate of drug-likeness (QED) is 0.735. The van der Waals surface area contributed by atoms with Gasteiger partial charge in [0.25, 0.3) is 0 Å². The molecule has 106 valence electrons. The zero-order valence-electron chi connectivity index (χ0n) is 11.8. The average molecular weight is 298 g/mol. The minimum Gasteiger partial charge on any atom is -0.481 e. The fourth-order valence-corrected chi connectivity index (χ4v) is 3.86. The summed E-state index contributed by atoms with van der Waals surface area (Å²) in [5.74, 6) is -0.886. The Labute approximate surface area is 125 Å². The van der Waals surface area contributed by atoms with Crippen molar-refractivity contribution in [3.05, 3.63) is 57.2 Å². The van der Waals surface area contributed by atoms with Crippen LogP contribution >= 0.6 is 11.3 Å². The Morgan fingerprint density at radius 3 is 2.52 bits per heavy atom. The van der Waals surface area contributed by atoms with Crippen LogP contribution in [0.3, 0.4) is 0 Å². The van der Waals surface area contributed by atoms with Gasteiger partial charge in [-0.15, -0.1) is 11.3 Å². The largest absolute Gasteiger partial charge is 0.481 e. The molecule has 1 N–H and O–H groups in total. The van der Waals surface area contributed by atoms with Crippen LogP contribution in [0.5, 0.6) is 0 Å². The molecule has 3 aromatic rings. The fraction of sp³-hybridized carbons (Fsp3) is 0.176. The zero-order chi connectivity index (χ0) is 15.1. The van der Waals surface area contributed by atoms with Crippen molar-refractivity contribution in [3.63, 3.8) is 0 Å². The molecule has 0 saturated carbocycles. The van der Waals surface area contributed by atoms with Crippen LogP contribution in [0.15, 0.2) is 35.1 Å². The maximum Gasteiger partial charge on any atom is 0.307 e. The molecule has 0 atom stereocenters. The van der Waals surface area contributed by atoms with Crippen molar-refractivity contribution in [2.45, 2.75) is 20.3 Å². The number of fused-ring (bicyclic) bond motifs is 2. The summed E-state index contributed by atoms with van der Waals surface area (Å²) in [5.41, 5.74) is 2.90. The van der Waals surface area contributed by atoms with E-state index in [1.165, 1.54) is 11.3 Å². The van der Waals surface area contributed by atoms with Crippen LogP contribution in [0.2, 0.25) is 0 Å². The van der Waals surface area contributed by atoms with E-state index in [0.29, 0.717) is 16.3 Å². The maximum atomic E-state index is 12.6. The van der Waals surface area contributed by atoms with E-state index < -0.39 is 5.97 Å². The molecule has 0 aliphatic rings. The van der Waals surface area contributed by atoms with Crippen LogP contribution in [0, 0.1) is 13.8 Å². The lowest BCUT2D eigenvalue weighted by atomic mass is 10.0. The molecule has 1 heterocycles. The van der Waals surface area contributed by atoms with Gasteiger partial charge in [-0.3, -0.25) is 9.59 Å². The van der Waals surface area contributed by atoms with Crippen LogP contribution in [-0.2, 0) is 11.2 Å². The number of aryl methyl sites for hydroxylation is 2. The summed E-state index contributed by atoms with van der Waals surface area (Å²) in [6.45, 7) is 4.01. The minimum absolute atomic E-state index is 0.0194. The first kappa shape index (κ1) is 13.8. The van der Waals surface area contributed by atoms with Gasteiger partial charge in [0, 0.05) is 20.2 Å². The number of hydrogen-bond donors (Lipinski definition) is 1. The Balaban J connectivity index is 2.49. The molecule has 21 heavy (non-hydrogen) atoms. The van der Waals surface area contributed by atoms with E-state index >= 15 is 0 Å². The minimum atomic E-state index is -0.886. The van der Waals surface area contributed by atoms with Gasteiger partial charge in [-0.25, -0.2) is 0 Å². The summed E-state index contributed by atoms with van der Waals surface area (Å²) in [5, 5.41) is 10.4. The number of benzene rings is 2. The molecule has 0 amide bonds. The Morgan fingerprint density at radius 2 is 1.81 bits per heavy atom. The van der Waals surface area contributed by atoms with Crippen molar-refractivity contribution in [2.75, 3.05) is 0 Å². The van der Waals surface area contributed by atoms with Crippen LogP contribution in [0.1, 0.15) is 16.7 Å². The summed E-state index contributed by atoms with van der Waals surface area (Å²) in [4.78, 5) is 23.7. The summed E-state index contributed by atoms with van der Waals surface area (Å²) >= 11 is 1.51. The smallest absolute Gasteiger partial charge is 0.307 e. The highest BCUT2D eigenvalue weighted by molar-refractivity contribution is 7.24. The summed E-state index contributed by atoms with van der Waals surface area (Å²) < 4.78 is 1.73. The second-order valence-corrected chi connectivity index (χ2v) is 6.20. The maximum absolute atomic E-state index is 12.6. The molecule has 0 fully saturated rings. The van der Waals surface area contributed by atoms with Crippen LogP contribution < -0.4 is 5.43 Å². The summed E-state index contributed by atoms with van der Waals surface area (Å²) in [7, 11) is 0. The van der Waals surface area contributed by atoms with Gasteiger partial charge in [0.1, 0.15) is 0 Å². The Bertz CT molecular complexity index is 938. The molecular weight excluding hydrogens is 284 g/mol. The van der Waals surface area contributed by atoms with Gasteiger partial charge in [0.05, 0.1) is 6.42 Å². The molecule has 0 spiro atoms.